The summed E-state index contributed by atoms with van der Waals surface area (Å²) >= 11 is 0. The number of carboxylic acid groups (broad SMARTS) is 1. The standard InChI is InChI=1S/C25H40N6O7/c1-24(2,3)17(28-23(38)30-25(22(36)37)11-5-4-6-12-25)21(35)31-13-7-8-15(31)20(34)29-19(16(32)18(26)33)27-14-9-10-14/h14-15,17,19,27H,4-13H2,1-3H3,(H2,26,33)(H,29,34)(H,36,37)(H2,28,30,38). The average molecular weight is 537 g/mol. The van der Waals surface area contributed by atoms with Gasteiger partial charge in [0.05, 0.1) is 0 Å². The maximum Gasteiger partial charge on any atom is 0.329 e. The summed E-state index contributed by atoms with van der Waals surface area (Å²) in [5.74, 6) is -4.36. The molecule has 2 saturated carbocycles. The van der Waals surface area contributed by atoms with Crippen LogP contribution in [0, 0.1) is 5.41 Å². The molecule has 3 atom stereocenters. The molecule has 7 N–H and O–H groups in total. The predicted octanol–water partition coefficient (Wildman–Crippen LogP) is -0.272. The molecular weight excluding hydrogens is 496 g/mol. The van der Waals surface area contributed by atoms with Crippen LogP contribution in [0.3, 0.4) is 0 Å². The molecule has 212 valence electrons. The summed E-state index contributed by atoms with van der Waals surface area (Å²) in [5, 5.41) is 20.5. The lowest BCUT2D eigenvalue weighted by Crippen LogP contribution is -2.64. The number of amides is 5. The number of urea groups is 1. The van der Waals surface area contributed by atoms with Gasteiger partial charge in [-0.25, -0.2) is 9.59 Å². The van der Waals surface area contributed by atoms with E-state index in [0.29, 0.717) is 38.5 Å². The van der Waals surface area contributed by atoms with Crippen LogP contribution in [0.2, 0.25) is 0 Å². The summed E-state index contributed by atoms with van der Waals surface area (Å²) in [7, 11) is 0. The van der Waals surface area contributed by atoms with Gasteiger partial charge >= 0.3 is 12.0 Å². The molecule has 1 heterocycles. The van der Waals surface area contributed by atoms with Crippen LogP contribution in [0.5, 0.6) is 0 Å². The highest BCUT2D eigenvalue weighted by atomic mass is 16.4. The molecule has 13 heteroatoms. The second kappa shape index (κ2) is 11.7. The van der Waals surface area contributed by atoms with E-state index in [4.69, 9.17) is 5.73 Å². The molecule has 1 saturated heterocycles. The molecule has 0 aromatic carbocycles. The van der Waals surface area contributed by atoms with Crippen molar-refractivity contribution in [2.24, 2.45) is 11.1 Å². The predicted molar refractivity (Wildman–Crippen MR) is 135 cm³/mol. The lowest BCUT2D eigenvalue weighted by atomic mass is 9.81. The molecule has 5 amide bonds. The zero-order valence-electron chi connectivity index (χ0n) is 22.3. The summed E-state index contributed by atoms with van der Waals surface area (Å²) in [6.45, 7) is 5.54. The van der Waals surface area contributed by atoms with Crippen molar-refractivity contribution in [3.63, 3.8) is 0 Å². The van der Waals surface area contributed by atoms with Crippen LogP contribution in [-0.4, -0.2) is 81.9 Å². The number of nitrogens with two attached hydrogens (primary N) is 1. The van der Waals surface area contributed by atoms with E-state index in [2.05, 4.69) is 21.3 Å². The first kappa shape index (κ1) is 29.3. The van der Waals surface area contributed by atoms with Crippen molar-refractivity contribution < 1.29 is 33.9 Å². The monoisotopic (exact) mass is 536 g/mol. The van der Waals surface area contributed by atoms with Gasteiger partial charge < -0.3 is 31.7 Å². The van der Waals surface area contributed by atoms with Gasteiger partial charge in [-0.1, -0.05) is 40.0 Å². The van der Waals surface area contributed by atoms with E-state index in [-0.39, 0.29) is 12.6 Å². The van der Waals surface area contributed by atoms with Crippen LogP contribution in [0.1, 0.15) is 78.6 Å². The molecule has 13 nitrogen and oxygen atoms in total. The maximum absolute atomic E-state index is 13.7. The van der Waals surface area contributed by atoms with Crippen molar-refractivity contribution in [2.45, 2.75) is 108 Å². The number of hydrogen-bond acceptors (Lipinski definition) is 7. The van der Waals surface area contributed by atoms with Crippen molar-refractivity contribution in [2.75, 3.05) is 6.54 Å². The van der Waals surface area contributed by atoms with E-state index in [9.17, 15) is 33.9 Å². The number of likely N-dealkylation sites (tertiary alicyclic amines) is 1. The molecule has 3 rings (SSSR count). The van der Waals surface area contributed by atoms with Crippen molar-refractivity contribution in [3.05, 3.63) is 0 Å². The van der Waals surface area contributed by atoms with E-state index in [0.717, 1.165) is 19.3 Å². The Hall–Kier alpha value is -3.22. The van der Waals surface area contributed by atoms with Gasteiger partial charge in [0, 0.05) is 12.6 Å². The molecule has 3 unspecified atom stereocenters. The van der Waals surface area contributed by atoms with Gasteiger partial charge in [-0.05, 0) is 43.9 Å². The number of Topliss-reactive ketones (excluding diaryl/α,β-unsaturated/α-hetero) is 1. The first-order chi connectivity index (χ1) is 17.7. The van der Waals surface area contributed by atoms with Crippen LogP contribution < -0.4 is 27.0 Å². The Morgan fingerprint density at radius 3 is 2.11 bits per heavy atom. The quantitative estimate of drug-likeness (QED) is 0.162. The molecule has 0 aromatic heterocycles. The van der Waals surface area contributed by atoms with Gasteiger partial charge in [-0.3, -0.25) is 24.5 Å². The number of nitrogens with zero attached hydrogens (tertiary/aromatic N) is 1. The second-order valence-electron chi connectivity index (χ2n) is 11.6. The Morgan fingerprint density at radius 1 is 0.947 bits per heavy atom. The highest BCUT2D eigenvalue weighted by Crippen LogP contribution is 2.29. The minimum Gasteiger partial charge on any atom is -0.480 e. The van der Waals surface area contributed by atoms with Crippen molar-refractivity contribution >= 4 is 35.5 Å². The first-order valence-electron chi connectivity index (χ1n) is 13.3. The molecule has 38 heavy (non-hydrogen) atoms. The topological polar surface area (TPSA) is 200 Å². The van der Waals surface area contributed by atoms with Crippen LogP contribution in [-0.2, 0) is 24.0 Å². The molecular formula is C25H40N6O7. The number of hydrogen-bond donors (Lipinski definition) is 6. The maximum atomic E-state index is 13.7. The third kappa shape index (κ3) is 7.00. The lowest BCUT2D eigenvalue weighted by molar-refractivity contribution is -0.146. The molecule has 3 fully saturated rings. The van der Waals surface area contributed by atoms with Gasteiger partial charge in [0.1, 0.15) is 23.8 Å². The Morgan fingerprint density at radius 2 is 1.58 bits per heavy atom. The van der Waals surface area contributed by atoms with Gasteiger partial charge in [-0.15, -0.1) is 0 Å². The van der Waals surface area contributed by atoms with Crippen molar-refractivity contribution in [1.29, 1.82) is 0 Å². The smallest absolute Gasteiger partial charge is 0.329 e. The normalized spacial score (nSPS) is 22.6. The summed E-state index contributed by atoms with van der Waals surface area (Å²) in [6.07, 6.45) is 4.03. The molecule has 0 radical (unpaired) electrons. The van der Waals surface area contributed by atoms with E-state index in [1.165, 1.54) is 4.90 Å². The number of aliphatic carboxylic acids is 1. The number of carbonyl (C=O) groups is 6. The molecule has 0 aromatic rings. The average Bonchev–Trinajstić information content (AvgIpc) is 3.52. The number of carboxylic acids is 1. The van der Waals surface area contributed by atoms with Crippen molar-refractivity contribution in [3.8, 4) is 0 Å². The Kier molecular flexibility index (Phi) is 9.01. The Balaban J connectivity index is 1.72. The van der Waals surface area contributed by atoms with E-state index >= 15 is 0 Å². The van der Waals surface area contributed by atoms with E-state index in [1.54, 1.807) is 20.8 Å². The van der Waals surface area contributed by atoms with Crippen LogP contribution >= 0.6 is 0 Å². The van der Waals surface area contributed by atoms with E-state index < -0.39 is 64.7 Å². The highest BCUT2D eigenvalue weighted by molar-refractivity contribution is 6.37. The number of ketones is 1. The zero-order valence-corrected chi connectivity index (χ0v) is 22.3. The van der Waals surface area contributed by atoms with Gasteiger partial charge in [0.25, 0.3) is 11.7 Å². The minimum atomic E-state index is -1.39. The number of nitrogens with one attached hydrogen (secondary N) is 4. The SMILES string of the molecule is CC(C)(C)C(NC(=O)NC1(C(=O)O)CCCCC1)C(=O)N1CCCC1C(=O)NC(NC1CC1)C(=O)C(N)=O. The minimum absolute atomic E-state index is 0.00356. The number of primary amides is 1. The fraction of sp³-hybridized carbons (Fsp3) is 0.760. The molecule has 0 bridgehead atoms. The summed E-state index contributed by atoms with van der Waals surface area (Å²) in [5.41, 5.74) is 2.99. The Bertz CT molecular complexity index is 968. The molecule has 1 aliphatic heterocycles. The fourth-order valence-corrected chi connectivity index (χ4v) is 5.10. The third-order valence-corrected chi connectivity index (χ3v) is 7.47. The van der Waals surface area contributed by atoms with Crippen molar-refractivity contribution in [1.82, 2.24) is 26.2 Å². The van der Waals surface area contributed by atoms with Crippen LogP contribution in [0.4, 0.5) is 4.79 Å². The number of carbonyl (C=O) groups excluding carboxylic acids is 5. The molecule has 3 aliphatic rings. The summed E-state index contributed by atoms with van der Waals surface area (Å²) in [4.78, 5) is 76.9. The summed E-state index contributed by atoms with van der Waals surface area (Å²) < 4.78 is 0. The molecule has 0 spiro atoms. The van der Waals surface area contributed by atoms with E-state index in [1.807, 2.05) is 0 Å². The fourth-order valence-electron chi connectivity index (χ4n) is 5.10. The third-order valence-electron chi connectivity index (χ3n) is 7.47. The number of rotatable bonds is 10. The van der Waals surface area contributed by atoms with Gasteiger partial charge in [0.15, 0.2) is 0 Å². The summed E-state index contributed by atoms with van der Waals surface area (Å²) in [6, 6.07) is -2.73. The van der Waals surface area contributed by atoms with Gasteiger partial charge in [-0.2, -0.15) is 0 Å². The largest absolute Gasteiger partial charge is 0.480 e. The van der Waals surface area contributed by atoms with Gasteiger partial charge in [0.2, 0.25) is 11.8 Å². The second-order valence-corrected chi connectivity index (χ2v) is 11.6. The first-order valence-corrected chi connectivity index (χ1v) is 13.3. The van der Waals surface area contributed by atoms with Crippen LogP contribution in [0.25, 0.3) is 0 Å². The lowest BCUT2D eigenvalue weighted by Gasteiger charge is -2.38. The zero-order chi connectivity index (χ0) is 28.3. The molecule has 2 aliphatic carbocycles. The Labute approximate surface area is 222 Å². The van der Waals surface area contributed by atoms with Crippen LogP contribution in [0.15, 0.2) is 0 Å². The highest BCUT2D eigenvalue weighted by Gasteiger charge is 2.45.